The van der Waals surface area contributed by atoms with Crippen molar-refractivity contribution >= 4 is 17.7 Å². The summed E-state index contributed by atoms with van der Waals surface area (Å²) in [6.07, 6.45) is 3.67. The molecule has 0 saturated carbocycles. The Labute approximate surface area is 151 Å². The first-order valence-electron chi connectivity index (χ1n) is 9.26. The van der Waals surface area contributed by atoms with Crippen LogP contribution in [0.15, 0.2) is 40.2 Å². The molecule has 2 rings (SSSR count). The largest absolute Gasteiger partial charge is 0.357 e. The fourth-order valence-electron chi connectivity index (χ4n) is 2.97. The third kappa shape index (κ3) is 7.14. The molecule has 1 aromatic carbocycles. The molecular formula is C19H32N4S. The summed E-state index contributed by atoms with van der Waals surface area (Å²) >= 11 is 1.86. The number of hydrogen-bond acceptors (Lipinski definition) is 3. The summed E-state index contributed by atoms with van der Waals surface area (Å²) in [6, 6.07) is 11.1. The van der Waals surface area contributed by atoms with Crippen LogP contribution in [0.4, 0.5) is 0 Å². The van der Waals surface area contributed by atoms with Crippen molar-refractivity contribution in [3.63, 3.8) is 0 Å². The highest BCUT2D eigenvalue weighted by molar-refractivity contribution is 7.99. The molecule has 1 aliphatic rings. The average Bonchev–Trinajstić information content (AvgIpc) is 2.61. The van der Waals surface area contributed by atoms with Crippen LogP contribution in [0.25, 0.3) is 0 Å². The minimum atomic E-state index is 0.553. The van der Waals surface area contributed by atoms with Gasteiger partial charge in [0.1, 0.15) is 0 Å². The van der Waals surface area contributed by atoms with Gasteiger partial charge < -0.3 is 15.5 Å². The van der Waals surface area contributed by atoms with Crippen molar-refractivity contribution in [2.75, 3.05) is 38.5 Å². The van der Waals surface area contributed by atoms with Crippen molar-refractivity contribution in [1.29, 1.82) is 0 Å². The van der Waals surface area contributed by atoms with Gasteiger partial charge in [-0.25, -0.2) is 0 Å². The molecule has 0 radical (unpaired) electrons. The van der Waals surface area contributed by atoms with E-state index in [0.717, 1.165) is 24.8 Å². The zero-order chi connectivity index (χ0) is 17.0. The standard InChI is InChI=1S/C19H32N4S/c1-3-13-23-14-10-17(11-15-23)22-19(20-4-2)21-12-16-24-18-8-6-5-7-9-18/h5-9,17H,3-4,10-16H2,1-2H3,(H2,20,21,22). The number of piperidine rings is 1. The van der Waals surface area contributed by atoms with E-state index in [9.17, 15) is 0 Å². The fourth-order valence-corrected chi connectivity index (χ4v) is 3.74. The number of rotatable bonds is 8. The Morgan fingerprint density at radius 2 is 1.96 bits per heavy atom. The maximum atomic E-state index is 4.74. The van der Waals surface area contributed by atoms with Gasteiger partial charge in [-0.1, -0.05) is 25.1 Å². The lowest BCUT2D eigenvalue weighted by molar-refractivity contribution is 0.206. The van der Waals surface area contributed by atoms with E-state index < -0.39 is 0 Å². The van der Waals surface area contributed by atoms with Crippen molar-refractivity contribution in [3.05, 3.63) is 30.3 Å². The summed E-state index contributed by atoms with van der Waals surface area (Å²) in [6.45, 7) is 9.77. The van der Waals surface area contributed by atoms with E-state index in [1.165, 1.54) is 43.8 Å². The number of benzene rings is 1. The molecule has 24 heavy (non-hydrogen) atoms. The first-order valence-corrected chi connectivity index (χ1v) is 10.3. The van der Waals surface area contributed by atoms with Gasteiger partial charge in [0.25, 0.3) is 0 Å². The van der Waals surface area contributed by atoms with E-state index in [-0.39, 0.29) is 0 Å². The van der Waals surface area contributed by atoms with Gasteiger partial charge in [-0.2, -0.15) is 0 Å². The Morgan fingerprint density at radius 1 is 1.21 bits per heavy atom. The molecule has 1 aliphatic heterocycles. The van der Waals surface area contributed by atoms with E-state index in [1.807, 2.05) is 11.8 Å². The monoisotopic (exact) mass is 348 g/mol. The van der Waals surface area contributed by atoms with E-state index >= 15 is 0 Å². The summed E-state index contributed by atoms with van der Waals surface area (Å²) in [5.41, 5.74) is 0. The molecule has 5 heteroatoms. The fraction of sp³-hybridized carbons (Fsp3) is 0.632. The quantitative estimate of drug-likeness (QED) is 0.327. The average molecular weight is 349 g/mol. The number of nitrogens with one attached hydrogen (secondary N) is 2. The minimum Gasteiger partial charge on any atom is -0.357 e. The van der Waals surface area contributed by atoms with Gasteiger partial charge in [0, 0.05) is 36.3 Å². The zero-order valence-electron chi connectivity index (χ0n) is 15.1. The summed E-state index contributed by atoms with van der Waals surface area (Å²) in [5, 5.41) is 7.00. The zero-order valence-corrected chi connectivity index (χ0v) is 15.9. The Balaban J connectivity index is 1.72. The van der Waals surface area contributed by atoms with Crippen LogP contribution in [0.3, 0.4) is 0 Å². The highest BCUT2D eigenvalue weighted by atomic mass is 32.2. The molecule has 134 valence electrons. The second-order valence-electron chi connectivity index (χ2n) is 6.18. The summed E-state index contributed by atoms with van der Waals surface area (Å²) in [4.78, 5) is 8.62. The molecule has 1 aromatic rings. The Kier molecular flexibility index (Phi) is 9.06. The molecule has 1 saturated heterocycles. The SMILES string of the molecule is CCCN1CCC(NC(=NCCSc2ccccc2)NCC)CC1. The van der Waals surface area contributed by atoms with Crippen molar-refractivity contribution in [1.82, 2.24) is 15.5 Å². The van der Waals surface area contributed by atoms with Crippen LogP contribution in [-0.2, 0) is 0 Å². The highest BCUT2D eigenvalue weighted by Crippen LogP contribution is 2.16. The van der Waals surface area contributed by atoms with Gasteiger partial charge >= 0.3 is 0 Å². The molecule has 0 aliphatic carbocycles. The topological polar surface area (TPSA) is 39.7 Å². The van der Waals surface area contributed by atoms with Gasteiger partial charge in [-0.3, -0.25) is 4.99 Å². The molecule has 0 bridgehead atoms. The molecule has 0 atom stereocenters. The molecule has 1 heterocycles. The molecule has 2 N–H and O–H groups in total. The molecule has 0 unspecified atom stereocenters. The second-order valence-corrected chi connectivity index (χ2v) is 7.35. The summed E-state index contributed by atoms with van der Waals surface area (Å²) in [7, 11) is 0. The number of guanidine groups is 1. The van der Waals surface area contributed by atoms with Gasteiger partial charge in [-0.05, 0) is 44.9 Å². The number of thioether (sulfide) groups is 1. The number of aliphatic imine (C=N–C) groups is 1. The van der Waals surface area contributed by atoms with Crippen molar-refractivity contribution < 1.29 is 0 Å². The normalized spacial score (nSPS) is 17.0. The number of likely N-dealkylation sites (tertiary alicyclic amines) is 1. The highest BCUT2D eigenvalue weighted by Gasteiger charge is 2.19. The minimum absolute atomic E-state index is 0.553. The number of hydrogen-bond donors (Lipinski definition) is 2. The van der Waals surface area contributed by atoms with Crippen LogP contribution in [0.2, 0.25) is 0 Å². The van der Waals surface area contributed by atoms with Crippen LogP contribution >= 0.6 is 11.8 Å². The Morgan fingerprint density at radius 3 is 2.62 bits per heavy atom. The summed E-state index contributed by atoms with van der Waals surface area (Å²) in [5.74, 6) is 1.98. The molecular weight excluding hydrogens is 316 g/mol. The van der Waals surface area contributed by atoms with E-state index in [2.05, 4.69) is 59.7 Å². The third-order valence-corrected chi connectivity index (χ3v) is 5.18. The lowest BCUT2D eigenvalue weighted by atomic mass is 10.1. The molecule has 0 spiro atoms. The first kappa shape index (κ1) is 19.1. The van der Waals surface area contributed by atoms with Crippen LogP contribution in [0.1, 0.15) is 33.1 Å². The third-order valence-electron chi connectivity index (χ3n) is 4.19. The van der Waals surface area contributed by atoms with Crippen LogP contribution in [0.5, 0.6) is 0 Å². The van der Waals surface area contributed by atoms with Gasteiger partial charge in [0.15, 0.2) is 5.96 Å². The van der Waals surface area contributed by atoms with E-state index in [4.69, 9.17) is 4.99 Å². The maximum absolute atomic E-state index is 4.74. The molecule has 0 aromatic heterocycles. The maximum Gasteiger partial charge on any atom is 0.191 e. The lowest BCUT2D eigenvalue weighted by Crippen LogP contribution is -2.48. The van der Waals surface area contributed by atoms with Crippen LogP contribution < -0.4 is 10.6 Å². The van der Waals surface area contributed by atoms with Crippen molar-refractivity contribution in [2.24, 2.45) is 4.99 Å². The Hall–Kier alpha value is -1.20. The predicted octanol–water partition coefficient (Wildman–Crippen LogP) is 3.21. The van der Waals surface area contributed by atoms with Crippen molar-refractivity contribution in [2.45, 2.75) is 44.0 Å². The lowest BCUT2D eigenvalue weighted by Gasteiger charge is -2.32. The van der Waals surface area contributed by atoms with Crippen LogP contribution in [-0.4, -0.2) is 55.4 Å². The summed E-state index contributed by atoms with van der Waals surface area (Å²) < 4.78 is 0. The van der Waals surface area contributed by atoms with Gasteiger partial charge in [0.05, 0.1) is 6.54 Å². The van der Waals surface area contributed by atoms with E-state index in [1.54, 1.807) is 0 Å². The van der Waals surface area contributed by atoms with Crippen molar-refractivity contribution in [3.8, 4) is 0 Å². The smallest absolute Gasteiger partial charge is 0.191 e. The van der Waals surface area contributed by atoms with E-state index in [0.29, 0.717) is 6.04 Å². The molecule has 0 amide bonds. The van der Waals surface area contributed by atoms with Gasteiger partial charge in [0.2, 0.25) is 0 Å². The predicted molar refractivity (Wildman–Crippen MR) is 106 cm³/mol. The second kappa shape index (κ2) is 11.4. The van der Waals surface area contributed by atoms with Gasteiger partial charge in [-0.15, -0.1) is 11.8 Å². The number of nitrogens with zero attached hydrogens (tertiary/aromatic N) is 2. The van der Waals surface area contributed by atoms with Crippen LogP contribution in [0, 0.1) is 0 Å². The molecule has 1 fully saturated rings. The molecule has 4 nitrogen and oxygen atoms in total. The Bertz CT molecular complexity index is 470. The first-order chi connectivity index (χ1) is 11.8.